The second-order valence-corrected chi connectivity index (χ2v) is 3.92. The van der Waals surface area contributed by atoms with Crippen molar-refractivity contribution in [3.05, 3.63) is 29.8 Å². The fourth-order valence-corrected chi connectivity index (χ4v) is 2.10. The van der Waals surface area contributed by atoms with Gasteiger partial charge in [0.25, 0.3) is 0 Å². The van der Waals surface area contributed by atoms with Crippen LogP contribution in [0, 0.1) is 0 Å². The summed E-state index contributed by atoms with van der Waals surface area (Å²) in [5.74, 6) is -1.29. The molecule has 1 unspecified atom stereocenters. The molecule has 7 nitrogen and oxygen atoms in total. The molecule has 0 amide bonds. The van der Waals surface area contributed by atoms with Crippen molar-refractivity contribution in [1.29, 1.82) is 0 Å². The molecule has 0 radical (unpaired) electrons. The van der Waals surface area contributed by atoms with Crippen molar-refractivity contribution < 1.29 is 9.90 Å². The molecule has 2 aromatic heterocycles. The summed E-state index contributed by atoms with van der Waals surface area (Å²) in [5, 5.41) is 19.9. The third-order valence-electron chi connectivity index (χ3n) is 2.93. The molecule has 3 rings (SSSR count). The first-order valence-corrected chi connectivity index (χ1v) is 5.20. The van der Waals surface area contributed by atoms with Crippen LogP contribution < -0.4 is 0 Å². The summed E-state index contributed by atoms with van der Waals surface area (Å²) in [7, 11) is 0. The molecule has 1 N–H and O–H groups in total. The monoisotopic (exact) mass is 239 g/mol. The average molecular weight is 239 g/mol. The van der Waals surface area contributed by atoms with Crippen LogP contribution in [0.5, 0.6) is 0 Å². The standard InChI is InChI=1S/C10H9N5O2.Li.H/c16-10(17)8-2-1-6-3-7(4-11-9(6)8)15-5-12-13-14-15;;/h3-5,8H,1-2H2,(H,16,17);;. The van der Waals surface area contributed by atoms with Gasteiger partial charge in [-0.15, -0.1) is 5.10 Å². The van der Waals surface area contributed by atoms with E-state index < -0.39 is 11.9 Å². The summed E-state index contributed by atoms with van der Waals surface area (Å²) >= 11 is 0. The van der Waals surface area contributed by atoms with Crippen LogP contribution in [-0.4, -0.2) is 55.1 Å². The zero-order valence-electron chi connectivity index (χ0n) is 8.82. The summed E-state index contributed by atoms with van der Waals surface area (Å²) in [5.41, 5.74) is 2.37. The predicted molar refractivity (Wildman–Crippen MR) is 62.8 cm³/mol. The maximum atomic E-state index is 11.0. The Morgan fingerprint density at radius 1 is 1.50 bits per heavy atom. The zero-order chi connectivity index (χ0) is 11.8. The molecule has 18 heavy (non-hydrogen) atoms. The van der Waals surface area contributed by atoms with E-state index in [0.29, 0.717) is 12.1 Å². The van der Waals surface area contributed by atoms with Gasteiger partial charge in [0.05, 0.1) is 23.5 Å². The van der Waals surface area contributed by atoms with E-state index in [1.165, 1.54) is 11.0 Å². The normalized spacial score (nSPS) is 17.0. The fraction of sp³-hybridized carbons (Fsp3) is 0.300. The van der Waals surface area contributed by atoms with Gasteiger partial charge in [0, 0.05) is 0 Å². The number of hydrogen-bond donors (Lipinski definition) is 1. The predicted octanol–water partition coefficient (Wildman–Crippen LogP) is -0.477. The summed E-state index contributed by atoms with van der Waals surface area (Å²) in [6, 6.07) is 1.89. The Morgan fingerprint density at radius 3 is 3.00 bits per heavy atom. The van der Waals surface area contributed by atoms with E-state index >= 15 is 0 Å². The Bertz CT molecular complexity index is 572. The minimum atomic E-state index is -0.813. The van der Waals surface area contributed by atoms with Crippen LogP contribution in [0.4, 0.5) is 0 Å². The number of aliphatic carboxylic acids is 1. The molecule has 88 valence electrons. The number of pyridine rings is 1. The quantitative estimate of drug-likeness (QED) is 0.711. The zero-order valence-corrected chi connectivity index (χ0v) is 8.82. The summed E-state index contributed by atoms with van der Waals surface area (Å²) < 4.78 is 1.50. The fourth-order valence-electron chi connectivity index (χ4n) is 2.10. The molecule has 0 saturated heterocycles. The van der Waals surface area contributed by atoms with Crippen molar-refractivity contribution in [1.82, 2.24) is 25.2 Å². The third-order valence-corrected chi connectivity index (χ3v) is 2.93. The van der Waals surface area contributed by atoms with Crippen LogP contribution in [0.1, 0.15) is 23.6 Å². The van der Waals surface area contributed by atoms with E-state index in [9.17, 15) is 4.79 Å². The molecule has 2 aromatic rings. The van der Waals surface area contributed by atoms with E-state index in [0.717, 1.165) is 17.7 Å². The Balaban J connectivity index is 0.00000120. The SMILES string of the molecule is O=C(O)C1CCc2cc(-n3cnnn3)cnc21.[LiH]. The Kier molecular flexibility index (Phi) is 3.45. The first kappa shape index (κ1) is 12.7. The molecule has 8 heteroatoms. The number of tetrazole rings is 1. The molecule has 0 aliphatic heterocycles. The van der Waals surface area contributed by atoms with Crippen LogP contribution in [0.2, 0.25) is 0 Å². The number of carboxylic acids is 1. The van der Waals surface area contributed by atoms with Crippen LogP contribution >= 0.6 is 0 Å². The van der Waals surface area contributed by atoms with Gasteiger partial charge in [-0.2, -0.15) is 4.68 Å². The van der Waals surface area contributed by atoms with Crippen molar-refractivity contribution in [2.24, 2.45) is 0 Å². The number of fused-ring (bicyclic) bond motifs is 1. The molecule has 0 bridgehead atoms. The number of aromatic nitrogens is 5. The molecule has 0 spiro atoms. The van der Waals surface area contributed by atoms with Gasteiger partial charge in [0.15, 0.2) is 0 Å². The van der Waals surface area contributed by atoms with Gasteiger partial charge < -0.3 is 5.11 Å². The summed E-state index contributed by atoms with van der Waals surface area (Å²) in [4.78, 5) is 15.2. The molecule has 0 fully saturated rings. The third kappa shape index (κ3) is 2.03. The van der Waals surface area contributed by atoms with Crippen molar-refractivity contribution in [3.8, 4) is 5.69 Å². The van der Waals surface area contributed by atoms with Crippen LogP contribution in [0.25, 0.3) is 5.69 Å². The summed E-state index contributed by atoms with van der Waals surface area (Å²) in [6.45, 7) is 0. The molecule has 1 aliphatic rings. The van der Waals surface area contributed by atoms with Crippen molar-refractivity contribution in [2.75, 3.05) is 0 Å². The van der Waals surface area contributed by atoms with Gasteiger partial charge in [-0.05, 0) is 34.9 Å². The van der Waals surface area contributed by atoms with E-state index in [2.05, 4.69) is 20.5 Å². The van der Waals surface area contributed by atoms with E-state index in [-0.39, 0.29) is 18.9 Å². The Labute approximate surface area is 114 Å². The Morgan fingerprint density at radius 2 is 2.33 bits per heavy atom. The van der Waals surface area contributed by atoms with Gasteiger partial charge >= 0.3 is 24.8 Å². The van der Waals surface area contributed by atoms with Gasteiger partial charge in [-0.3, -0.25) is 9.78 Å². The van der Waals surface area contributed by atoms with Crippen LogP contribution in [0.3, 0.4) is 0 Å². The molecule has 1 aliphatic carbocycles. The number of rotatable bonds is 2. The molecular weight excluding hydrogens is 229 g/mol. The van der Waals surface area contributed by atoms with E-state index in [1.807, 2.05) is 6.07 Å². The number of nitrogens with zero attached hydrogens (tertiary/aromatic N) is 5. The molecule has 1 atom stereocenters. The first-order valence-electron chi connectivity index (χ1n) is 5.20. The minimum absolute atomic E-state index is 0. The van der Waals surface area contributed by atoms with Gasteiger partial charge in [0.2, 0.25) is 0 Å². The molecule has 2 heterocycles. The number of aryl methyl sites for hydroxylation is 1. The van der Waals surface area contributed by atoms with E-state index in [4.69, 9.17) is 5.11 Å². The van der Waals surface area contributed by atoms with Gasteiger partial charge in [-0.25, -0.2) is 0 Å². The number of carboxylic acid groups (broad SMARTS) is 1. The van der Waals surface area contributed by atoms with Gasteiger partial charge in [0.1, 0.15) is 6.33 Å². The summed E-state index contributed by atoms with van der Waals surface area (Å²) in [6.07, 6.45) is 4.41. The molecular formula is C10H10LiN5O2. The average Bonchev–Trinajstić information content (AvgIpc) is 2.97. The Hall–Kier alpha value is -1.71. The second kappa shape index (κ2) is 4.88. The van der Waals surface area contributed by atoms with Crippen LogP contribution in [0.15, 0.2) is 18.6 Å². The van der Waals surface area contributed by atoms with Crippen LogP contribution in [-0.2, 0) is 11.2 Å². The van der Waals surface area contributed by atoms with Crippen molar-refractivity contribution in [2.45, 2.75) is 18.8 Å². The second-order valence-electron chi connectivity index (χ2n) is 3.92. The number of carbonyl (C=O) groups is 1. The number of hydrogen-bond acceptors (Lipinski definition) is 5. The van der Waals surface area contributed by atoms with Crippen molar-refractivity contribution >= 4 is 24.8 Å². The van der Waals surface area contributed by atoms with E-state index in [1.54, 1.807) is 6.20 Å². The van der Waals surface area contributed by atoms with Crippen molar-refractivity contribution in [3.63, 3.8) is 0 Å². The molecule has 0 saturated carbocycles. The molecule has 0 aromatic carbocycles. The maximum absolute atomic E-state index is 11.0. The first-order chi connectivity index (χ1) is 8.25. The topological polar surface area (TPSA) is 93.8 Å². The van der Waals surface area contributed by atoms with Gasteiger partial charge in [-0.1, -0.05) is 0 Å².